The molecule has 27 heavy (non-hydrogen) atoms. The maximum atomic E-state index is 12.8. The predicted molar refractivity (Wildman–Crippen MR) is 99.4 cm³/mol. The fourth-order valence-corrected chi connectivity index (χ4v) is 3.83. The molecule has 0 radical (unpaired) electrons. The summed E-state index contributed by atoms with van der Waals surface area (Å²) in [5.74, 6) is 0.376. The zero-order chi connectivity index (χ0) is 19.6. The van der Waals surface area contributed by atoms with E-state index in [-0.39, 0.29) is 21.9 Å². The lowest BCUT2D eigenvalue weighted by Gasteiger charge is -2.18. The Kier molecular flexibility index (Phi) is 5.54. The largest absolute Gasteiger partial charge is 0.337 e. The van der Waals surface area contributed by atoms with E-state index in [1.54, 1.807) is 31.5 Å². The van der Waals surface area contributed by atoms with E-state index in [9.17, 15) is 8.42 Å². The van der Waals surface area contributed by atoms with Crippen LogP contribution in [-0.4, -0.2) is 28.5 Å². The van der Waals surface area contributed by atoms with Gasteiger partial charge in [-0.2, -0.15) is 9.71 Å². The molecule has 1 unspecified atom stereocenters. The predicted octanol–water partition coefficient (Wildman–Crippen LogP) is 3.16. The number of aromatic nitrogens is 4. The molecule has 3 aromatic heterocycles. The summed E-state index contributed by atoms with van der Waals surface area (Å²) in [6, 6.07) is 4.30. The topological polar surface area (TPSA) is 111 Å². The van der Waals surface area contributed by atoms with Crippen LogP contribution in [0.1, 0.15) is 31.3 Å². The molecule has 0 aliphatic rings. The van der Waals surface area contributed by atoms with Gasteiger partial charge in [0.25, 0.3) is 0 Å². The monoisotopic (exact) mass is 407 g/mol. The lowest BCUT2D eigenvalue weighted by molar-refractivity contribution is 0.311. The normalized spacial score (nSPS) is 13.1. The van der Waals surface area contributed by atoms with Crippen LogP contribution in [0.5, 0.6) is 0 Å². The molecule has 0 saturated carbocycles. The van der Waals surface area contributed by atoms with Crippen LogP contribution >= 0.6 is 11.6 Å². The molecule has 10 heteroatoms. The summed E-state index contributed by atoms with van der Waals surface area (Å²) in [6.07, 6.45) is 4.45. The van der Waals surface area contributed by atoms with Crippen LogP contribution in [0.15, 0.2) is 46.2 Å². The number of rotatable bonds is 6. The Hall–Kier alpha value is -2.36. The minimum atomic E-state index is -3.86. The van der Waals surface area contributed by atoms with Crippen LogP contribution in [0.4, 0.5) is 0 Å². The van der Waals surface area contributed by atoms with Gasteiger partial charge >= 0.3 is 0 Å². The van der Waals surface area contributed by atoms with Crippen molar-refractivity contribution >= 4 is 21.6 Å². The number of pyridine rings is 2. The Bertz CT molecular complexity index is 1040. The van der Waals surface area contributed by atoms with Crippen molar-refractivity contribution in [2.45, 2.75) is 31.7 Å². The van der Waals surface area contributed by atoms with Gasteiger partial charge in [-0.1, -0.05) is 30.6 Å². The van der Waals surface area contributed by atoms with Gasteiger partial charge in [0, 0.05) is 24.2 Å². The molecule has 8 nitrogen and oxygen atoms in total. The second-order valence-electron chi connectivity index (χ2n) is 6.32. The maximum Gasteiger partial charge on any atom is 0.245 e. The van der Waals surface area contributed by atoms with Crippen LogP contribution in [-0.2, 0) is 10.0 Å². The van der Waals surface area contributed by atoms with E-state index in [1.807, 2.05) is 13.8 Å². The van der Waals surface area contributed by atoms with Crippen molar-refractivity contribution in [2.24, 2.45) is 5.92 Å². The Morgan fingerprint density at radius 3 is 2.67 bits per heavy atom. The van der Waals surface area contributed by atoms with Crippen molar-refractivity contribution in [1.82, 2.24) is 24.8 Å². The second-order valence-corrected chi connectivity index (χ2v) is 8.39. The van der Waals surface area contributed by atoms with Gasteiger partial charge in [-0.15, -0.1) is 0 Å². The molecule has 1 N–H and O–H groups in total. The Balaban J connectivity index is 1.90. The molecule has 3 heterocycles. The van der Waals surface area contributed by atoms with Gasteiger partial charge in [0.1, 0.15) is 16.1 Å². The summed E-state index contributed by atoms with van der Waals surface area (Å²) in [6.45, 7) is 5.39. The third kappa shape index (κ3) is 4.32. The fraction of sp³-hybridized carbons (Fsp3) is 0.294. The van der Waals surface area contributed by atoms with Crippen LogP contribution < -0.4 is 4.72 Å². The molecule has 0 aliphatic carbocycles. The summed E-state index contributed by atoms with van der Waals surface area (Å²) < 4.78 is 33.5. The van der Waals surface area contributed by atoms with Gasteiger partial charge in [-0.05, 0) is 36.6 Å². The van der Waals surface area contributed by atoms with Crippen LogP contribution in [0.3, 0.4) is 0 Å². The highest BCUT2D eigenvalue weighted by atomic mass is 35.5. The van der Waals surface area contributed by atoms with Crippen molar-refractivity contribution < 1.29 is 12.9 Å². The first-order chi connectivity index (χ1) is 12.8. The summed E-state index contributed by atoms with van der Waals surface area (Å²) in [7, 11) is -3.86. The van der Waals surface area contributed by atoms with Gasteiger partial charge in [0.2, 0.25) is 21.7 Å². The lowest BCUT2D eigenvalue weighted by atomic mass is 10.1. The number of sulfonamides is 1. The average Bonchev–Trinajstić information content (AvgIpc) is 3.12. The summed E-state index contributed by atoms with van der Waals surface area (Å²) in [5, 5.41) is 4.18. The average molecular weight is 408 g/mol. The van der Waals surface area contributed by atoms with Crippen molar-refractivity contribution in [3.05, 3.63) is 53.4 Å². The highest BCUT2D eigenvalue weighted by molar-refractivity contribution is 7.89. The first kappa shape index (κ1) is 19.4. The molecule has 142 valence electrons. The van der Waals surface area contributed by atoms with E-state index < -0.39 is 16.1 Å². The number of halogens is 1. The minimum Gasteiger partial charge on any atom is -0.337 e. The van der Waals surface area contributed by atoms with Crippen molar-refractivity contribution in [3.63, 3.8) is 0 Å². The van der Waals surface area contributed by atoms with E-state index in [1.165, 1.54) is 12.3 Å². The molecular formula is C17H18ClN5O3S. The highest BCUT2D eigenvalue weighted by Gasteiger charge is 2.29. The third-order valence-electron chi connectivity index (χ3n) is 3.88. The number of hydrogen-bond donors (Lipinski definition) is 1. The zero-order valence-electron chi connectivity index (χ0n) is 14.9. The fourth-order valence-electron chi connectivity index (χ4n) is 2.36. The Morgan fingerprint density at radius 2 is 2.04 bits per heavy atom. The van der Waals surface area contributed by atoms with E-state index in [0.717, 1.165) is 0 Å². The maximum absolute atomic E-state index is 12.8. The molecule has 0 aliphatic heterocycles. The van der Waals surface area contributed by atoms with Gasteiger partial charge in [0.05, 0.1) is 0 Å². The number of nitrogens with zero attached hydrogens (tertiary/aromatic N) is 4. The minimum absolute atomic E-state index is 0.0158. The Labute approximate surface area is 162 Å². The zero-order valence-corrected chi connectivity index (χ0v) is 16.5. The number of aryl methyl sites for hydroxylation is 1. The Morgan fingerprint density at radius 1 is 1.26 bits per heavy atom. The SMILES string of the molecule is Cc1cc(S(=O)(=O)NC(c2nc(-c3cccnc3)no2)C(C)C)cnc1Cl. The van der Waals surface area contributed by atoms with Crippen molar-refractivity contribution in [2.75, 3.05) is 0 Å². The van der Waals surface area contributed by atoms with Gasteiger partial charge < -0.3 is 4.52 Å². The van der Waals surface area contributed by atoms with E-state index in [4.69, 9.17) is 16.1 Å². The molecule has 0 fully saturated rings. The molecule has 0 spiro atoms. The summed E-state index contributed by atoms with van der Waals surface area (Å²) in [4.78, 5) is 12.3. The molecule has 0 bridgehead atoms. The molecule has 3 aromatic rings. The van der Waals surface area contributed by atoms with Gasteiger partial charge in [-0.25, -0.2) is 13.4 Å². The quantitative estimate of drug-likeness (QED) is 0.624. The van der Waals surface area contributed by atoms with Crippen LogP contribution in [0.2, 0.25) is 5.15 Å². The molecule has 0 amide bonds. The van der Waals surface area contributed by atoms with Gasteiger partial charge in [0.15, 0.2) is 0 Å². The number of hydrogen-bond acceptors (Lipinski definition) is 7. The van der Waals surface area contributed by atoms with Crippen LogP contribution in [0.25, 0.3) is 11.4 Å². The van der Waals surface area contributed by atoms with Crippen LogP contribution in [0, 0.1) is 12.8 Å². The molecular weight excluding hydrogens is 390 g/mol. The van der Waals surface area contributed by atoms with Gasteiger partial charge in [-0.3, -0.25) is 4.98 Å². The highest BCUT2D eigenvalue weighted by Crippen LogP contribution is 2.26. The van der Waals surface area contributed by atoms with E-state index >= 15 is 0 Å². The molecule has 1 atom stereocenters. The summed E-state index contributed by atoms with van der Waals surface area (Å²) >= 11 is 5.88. The molecule has 0 aromatic carbocycles. The summed E-state index contributed by atoms with van der Waals surface area (Å²) in [5.41, 5.74) is 1.24. The van der Waals surface area contributed by atoms with Crippen molar-refractivity contribution in [1.29, 1.82) is 0 Å². The number of nitrogens with one attached hydrogen (secondary N) is 1. The standard InChI is InChI=1S/C17H18ClN5O3S/c1-10(2)14(17-21-16(22-26-17)12-5-4-6-19-8-12)23-27(24,25)13-7-11(3)15(18)20-9-13/h4-10,14,23H,1-3H3. The van der Waals surface area contributed by atoms with E-state index in [2.05, 4.69) is 24.8 Å². The van der Waals surface area contributed by atoms with E-state index in [0.29, 0.717) is 17.0 Å². The third-order valence-corrected chi connectivity index (χ3v) is 5.68. The second kappa shape index (κ2) is 7.71. The molecule has 0 saturated heterocycles. The first-order valence-electron chi connectivity index (χ1n) is 8.16. The smallest absolute Gasteiger partial charge is 0.245 e. The first-order valence-corrected chi connectivity index (χ1v) is 10.0. The lowest BCUT2D eigenvalue weighted by Crippen LogP contribution is -2.32. The van der Waals surface area contributed by atoms with Crippen molar-refractivity contribution in [3.8, 4) is 11.4 Å². The molecule has 3 rings (SSSR count).